The van der Waals surface area contributed by atoms with E-state index in [0.29, 0.717) is 0 Å². The van der Waals surface area contributed by atoms with Gasteiger partial charge >= 0.3 is 25.8 Å². The predicted molar refractivity (Wildman–Crippen MR) is 70.8 cm³/mol. The summed E-state index contributed by atoms with van der Waals surface area (Å²) in [7, 11) is 0. The molecule has 2 aliphatic rings. The topological polar surface area (TPSA) is 0 Å². The summed E-state index contributed by atoms with van der Waals surface area (Å²) in [5.41, 5.74) is 5.66. The SMILES string of the molecule is CCC1=[C-]CC=C1C.CCC1=[C-]CC=C1C.[Cl-].[Cl-].[Hf+4]. The molecule has 0 aromatic heterocycles. The molecule has 0 atom stereocenters. The normalized spacial score (nSPS) is 15.4. The van der Waals surface area contributed by atoms with Crippen LogP contribution in [0, 0.1) is 12.2 Å². The maximum Gasteiger partial charge on any atom is 4.00 e. The number of hydrogen-bond donors (Lipinski definition) is 0. The van der Waals surface area contributed by atoms with Crippen molar-refractivity contribution in [3.8, 4) is 0 Å². The van der Waals surface area contributed by atoms with Crippen LogP contribution in [0.5, 0.6) is 0 Å². The van der Waals surface area contributed by atoms with Crippen LogP contribution in [0.1, 0.15) is 53.4 Å². The third-order valence-electron chi connectivity index (χ3n) is 3.11. The van der Waals surface area contributed by atoms with Crippen LogP contribution < -0.4 is 24.8 Å². The molecule has 0 saturated heterocycles. The van der Waals surface area contributed by atoms with E-state index in [4.69, 9.17) is 0 Å². The molecule has 0 N–H and O–H groups in total. The molecule has 0 nitrogen and oxygen atoms in total. The van der Waals surface area contributed by atoms with Crippen molar-refractivity contribution in [1.29, 1.82) is 0 Å². The van der Waals surface area contributed by atoms with Gasteiger partial charge in [0.05, 0.1) is 0 Å². The first-order chi connectivity index (χ1) is 7.69. The molecule has 2 rings (SSSR count). The number of halogens is 2. The molecule has 0 spiro atoms. The van der Waals surface area contributed by atoms with Crippen LogP contribution in [-0.4, -0.2) is 0 Å². The molecule has 0 aromatic carbocycles. The van der Waals surface area contributed by atoms with Crippen LogP contribution in [0.25, 0.3) is 0 Å². The van der Waals surface area contributed by atoms with E-state index >= 15 is 0 Å². The van der Waals surface area contributed by atoms with E-state index in [0.717, 1.165) is 25.7 Å². The van der Waals surface area contributed by atoms with Crippen molar-refractivity contribution in [2.75, 3.05) is 0 Å². The Morgan fingerprint density at radius 2 is 1.16 bits per heavy atom. The fourth-order valence-corrected chi connectivity index (χ4v) is 1.99. The van der Waals surface area contributed by atoms with Crippen LogP contribution in [0.3, 0.4) is 0 Å². The van der Waals surface area contributed by atoms with Crippen molar-refractivity contribution in [3.63, 3.8) is 0 Å². The van der Waals surface area contributed by atoms with Crippen molar-refractivity contribution in [2.45, 2.75) is 53.4 Å². The van der Waals surface area contributed by atoms with E-state index in [1.165, 1.54) is 22.3 Å². The summed E-state index contributed by atoms with van der Waals surface area (Å²) in [5.74, 6) is 0. The van der Waals surface area contributed by atoms with E-state index in [9.17, 15) is 0 Å². The van der Waals surface area contributed by atoms with Crippen molar-refractivity contribution >= 4 is 0 Å². The molecule has 0 aliphatic heterocycles. The molecule has 0 bridgehead atoms. The van der Waals surface area contributed by atoms with Gasteiger partial charge in [-0.2, -0.15) is 12.2 Å². The Morgan fingerprint density at radius 3 is 1.26 bits per heavy atom. The van der Waals surface area contributed by atoms with Gasteiger partial charge < -0.3 is 24.8 Å². The standard InChI is InChI=1S/2C8H11.2ClH.Hf/c2*1-3-8-6-4-5-7(8)2;;;/h2*5H,3-4H2,1-2H3;2*1H;/q2*-1;;;+4/p-2. The van der Waals surface area contributed by atoms with Gasteiger partial charge in [0.1, 0.15) is 0 Å². The molecule has 0 radical (unpaired) electrons. The summed E-state index contributed by atoms with van der Waals surface area (Å²) in [5, 5.41) is 0. The minimum absolute atomic E-state index is 0. The second-order valence-corrected chi connectivity index (χ2v) is 4.20. The fraction of sp³-hybridized carbons (Fsp3) is 0.500. The molecular weight excluding hydrogens is 442 g/mol. The Balaban J connectivity index is -0.000000233. The van der Waals surface area contributed by atoms with Gasteiger partial charge in [-0.15, -0.1) is 26.7 Å². The van der Waals surface area contributed by atoms with Gasteiger partial charge in [-0.25, -0.2) is 22.3 Å². The molecule has 0 fully saturated rings. The molecule has 104 valence electrons. The zero-order valence-corrected chi connectivity index (χ0v) is 17.3. The van der Waals surface area contributed by atoms with Crippen LogP contribution >= 0.6 is 0 Å². The van der Waals surface area contributed by atoms with Crippen molar-refractivity contribution in [1.82, 2.24) is 0 Å². The van der Waals surface area contributed by atoms with Crippen molar-refractivity contribution in [2.24, 2.45) is 0 Å². The zero-order chi connectivity index (χ0) is 12.0. The average molecular weight is 464 g/mol. The first-order valence-corrected chi connectivity index (χ1v) is 6.22. The Bertz CT molecular complexity index is 327. The second-order valence-electron chi connectivity index (χ2n) is 4.20. The summed E-state index contributed by atoms with van der Waals surface area (Å²) in [6.45, 7) is 8.65. The third kappa shape index (κ3) is 8.32. The molecule has 19 heavy (non-hydrogen) atoms. The van der Waals surface area contributed by atoms with Crippen LogP contribution in [0.2, 0.25) is 0 Å². The number of rotatable bonds is 2. The van der Waals surface area contributed by atoms with Gasteiger partial charge in [0, 0.05) is 0 Å². The molecule has 0 aromatic rings. The third-order valence-corrected chi connectivity index (χ3v) is 3.11. The molecule has 0 heterocycles. The Hall–Kier alpha value is 0.410. The smallest absolute Gasteiger partial charge is 1.00 e. The van der Waals surface area contributed by atoms with Gasteiger partial charge in [-0.1, -0.05) is 26.7 Å². The van der Waals surface area contributed by atoms with Crippen molar-refractivity contribution < 1.29 is 50.7 Å². The summed E-state index contributed by atoms with van der Waals surface area (Å²) in [6, 6.07) is 0. The molecule has 3 heteroatoms. The summed E-state index contributed by atoms with van der Waals surface area (Å²) in [4.78, 5) is 0. The summed E-state index contributed by atoms with van der Waals surface area (Å²) >= 11 is 0. The quantitative estimate of drug-likeness (QED) is 0.363. The molecule has 0 amide bonds. The molecular formula is C16H22Cl2Hf. The first kappa shape index (κ1) is 24.4. The summed E-state index contributed by atoms with van der Waals surface area (Å²) < 4.78 is 0. The van der Waals surface area contributed by atoms with E-state index in [1.54, 1.807) is 0 Å². The van der Waals surface area contributed by atoms with Crippen molar-refractivity contribution in [3.05, 3.63) is 46.6 Å². The van der Waals surface area contributed by atoms with Gasteiger partial charge in [-0.3, -0.25) is 12.2 Å². The van der Waals surface area contributed by atoms with Gasteiger partial charge in [0.25, 0.3) is 0 Å². The fourth-order valence-electron chi connectivity index (χ4n) is 1.99. The maximum absolute atomic E-state index is 3.28. The zero-order valence-electron chi connectivity index (χ0n) is 12.2. The van der Waals surface area contributed by atoms with Gasteiger partial charge in [-0.05, 0) is 0 Å². The van der Waals surface area contributed by atoms with E-state index in [2.05, 4.69) is 52.0 Å². The van der Waals surface area contributed by atoms with Crippen LogP contribution in [0.15, 0.2) is 34.4 Å². The van der Waals surface area contributed by atoms with Gasteiger partial charge in [0.2, 0.25) is 0 Å². The Kier molecular flexibility index (Phi) is 17.2. The minimum Gasteiger partial charge on any atom is -1.00 e. The second kappa shape index (κ2) is 13.4. The summed E-state index contributed by atoms with van der Waals surface area (Å²) in [6.07, 6.45) is 15.4. The van der Waals surface area contributed by atoms with Crippen LogP contribution in [0.4, 0.5) is 0 Å². The first-order valence-electron chi connectivity index (χ1n) is 6.22. The molecule has 2 aliphatic carbocycles. The number of hydrogen-bond acceptors (Lipinski definition) is 0. The molecule has 0 unspecified atom stereocenters. The predicted octanol–water partition coefficient (Wildman–Crippen LogP) is -1.04. The average Bonchev–Trinajstić information content (AvgIpc) is 2.87. The minimum atomic E-state index is 0. The largest absolute Gasteiger partial charge is 4.00 e. The monoisotopic (exact) mass is 464 g/mol. The van der Waals surface area contributed by atoms with Crippen LogP contribution in [-0.2, 0) is 25.8 Å². The van der Waals surface area contributed by atoms with Gasteiger partial charge in [0.15, 0.2) is 0 Å². The Morgan fingerprint density at radius 1 is 0.842 bits per heavy atom. The van der Waals surface area contributed by atoms with E-state index in [-0.39, 0.29) is 50.7 Å². The number of allylic oxidation sites excluding steroid dienone is 8. The van der Waals surface area contributed by atoms with E-state index in [1.807, 2.05) is 0 Å². The molecule has 0 saturated carbocycles. The maximum atomic E-state index is 3.28. The Labute approximate surface area is 150 Å². The van der Waals surface area contributed by atoms with E-state index < -0.39 is 0 Å².